The number of aromatic nitrogens is 1. The Morgan fingerprint density at radius 1 is 1.47 bits per heavy atom. The highest BCUT2D eigenvalue weighted by atomic mass is 32.1. The van der Waals surface area contributed by atoms with Gasteiger partial charge in [-0.15, -0.1) is 11.3 Å². The topological polar surface area (TPSA) is 50.2 Å². The fraction of sp³-hybridized carbons (Fsp3) is 0.0909. The quantitative estimate of drug-likeness (QED) is 0.753. The molecule has 0 saturated heterocycles. The number of benzene rings is 1. The van der Waals surface area contributed by atoms with E-state index in [2.05, 4.69) is 17.6 Å². The molecule has 15 heavy (non-hydrogen) atoms. The summed E-state index contributed by atoms with van der Waals surface area (Å²) < 4.78 is 1.26. The molecular formula is C11H11NO2S. The standard InChI is InChI=1S/C7H5NS.C4H6O2/c1-2-4-7-6(3-1)8-5-9-7;1-3(2)4(5)6/h1-5H;1H2,2H3,(H,5,6). The second-order valence-electron chi connectivity index (χ2n) is 2.91. The van der Waals surface area contributed by atoms with Crippen molar-refractivity contribution < 1.29 is 9.90 Å². The van der Waals surface area contributed by atoms with Crippen molar-refractivity contribution in [2.75, 3.05) is 0 Å². The Kier molecular flexibility index (Phi) is 4.00. The number of carbonyl (C=O) groups is 1. The van der Waals surface area contributed by atoms with E-state index in [4.69, 9.17) is 5.11 Å². The average molecular weight is 221 g/mol. The summed E-state index contributed by atoms with van der Waals surface area (Å²) in [5.41, 5.74) is 3.14. The number of carboxylic acids is 1. The summed E-state index contributed by atoms with van der Waals surface area (Å²) in [6.45, 7) is 4.60. The van der Waals surface area contributed by atoms with E-state index in [1.54, 1.807) is 11.3 Å². The molecule has 0 unspecified atom stereocenters. The zero-order valence-electron chi connectivity index (χ0n) is 8.30. The summed E-state index contributed by atoms with van der Waals surface area (Å²) >= 11 is 1.68. The van der Waals surface area contributed by atoms with E-state index < -0.39 is 5.97 Å². The van der Waals surface area contributed by atoms with Crippen LogP contribution < -0.4 is 0 Å². The van der Waals surface area contributed by atoms with Gasteiger partial charge in [-0.2, -0.15) is 0 Å². The first-order valence-electron chi connectivity index (χ1n) is 4.28. The van der Waals surface area contributed by atoms with E-state index in [0.29, 0.717) is 0 Å². The number of thiazole rings is 1. The maximum Gasteiger partial charge on any atom is 0.330 e. The highest BCUT2D eigenvalue weighted by Crippen LogP contribution is 2.15. The average Bonchev–Trinajstić information content (AvgIpc) is 2.66. The molecule has 1 N–H and O–H groups in total. The minimum atomic E-state index is -0.935. The van der Waals surface area contributed by atoms with Gasteiger partial charge in [-0.25, -0.2) is 9.78 Å². The Morgan fingerprint density at radius 3 is 2.60 bits per heavy atom. The lowest BCUT2D eigenvalue weighted by atomic mass is 10.3. The molecule has 78 valence electrons. The first kappa shape index (κ1) is 11.4. The van der Waals surface area contributed by atoms with Crippen LogP contribution in [0.2, 0.25) is 0 Å². The summed E-state index contributed by atoms with van der Waals surface area (Å²) in [6.07, 6.45) is 0. The number of rotatable bonds is 1. The SMILES string of the molecule is C=C(C)C(=O)O.c1ccc2scnc2c1. The number of hydrogen-bond acceptors (Lipinski definition) is 3. The van der Waals surface area contributed by atoms with Crippen LogP contribution in [-0.2, 0) is 4.79 Å². The molecular weight excluding hydrogens is 210 g/mol. The third kappa shape index (κ3) is 3.52. The Morgan fingerprint density at radius 2 is 2.07 bits per heavy atom. The van der Waals surface area contributed by atoms with Gasteiger partial charge in [0.1, 0.15) is 0 Å². The molecule has 0 radical (unpaired) electrons. The minimum Gasteiger partial charge on any atom is -0.478 e. The smallest absolute Gasteiger partial charge is 0.330 e. The number of aliphatic carboxylic acids is 1. The van der Waals surface area contributed by atoms with Gasteiger partial charge < -0.3 is 5.11 Å². The van der Waals surface area contributed by atoms with Crippen LogP contribution >= 0.6 is 11.3 Å². The van der Waals surface area contributed by atoms with Crippen molar-refractivity contribution in [1.29, 1.82) is 0 Å². The summed E-state index contributed by atoms with van der Waals surface area (Å²) in [5.74, 6) is -0.935. The van der Waals surface area contributed by atoms with Crippen LogP contribution in [0, 0.1) is 0 Å². The number of fused-ring (bicyclic) bond motifs is 1. The van der Waals surface area contributed by atoms with Crippen LogP contribution in [0.1, 0.15) is 6.92 Å². The van der Waals surface area contributed by atoms with Crippen molar-refractivity contribution >= 4 is 27.5 Å². The first-order valence-corrected chi connectivity index (χ1v) is 5.16. The van der Waals surface area contributed by atoms with Gasteiger partial charge in [0.2, 0.25) is 0 Å². The summed E-state index contributed by atoms with van der Waals surface area (Å²) in [4.78, 5) is 13.7. The molecule has 1 aromatic heterocycles. The maximum absolute atomic E-state index is 9.60. The Bertz CT molecular complexity index is 434. The third-order valence-corrected chi connectivity index (χ3v) is 2.41. The highest BCUT2D eigenvalue weighted by molar-refractivity contribution is 7.16. The van der Waals surface area contributed by atoms with E-state index in [0.717, 1.165) is 5.52 Å². The Hall–Kier alpha value is -1.68. The molecule has 3 nitrogen and oxygen atoms in total. The van der Waals surface area contributed by atoms with Crippen LogP contribution in [0.15, 0.2) is 41.9 Å². The van der Waals surface area contributed by atoms with Crippen LogP contribution in [0.25, 0.3) is 10.2 Å². The minimum absolute atomic E-state index is 0.176. The van der Waals surface area contributed by atoms with Gasteiger partial charge >= 0.3 is 5.97 Å². The fourth-order valence-corrected chi connectivity index (χ4v) is 1.48. The molecule has 0 amide bonds. The van der Waals surface area contributed by atoms with Crippen molar-refractivity contribution in [3.63, 3.8) is 0 Å². The largest absolute Gasteiger partial charge is 0.478 e. The molecule has 0 atom stereocenters. The molecule has 0 aliphatic rings. The molecule has 0 aliphatic heterocycles. The van der Waals surface area contributed by atoms with Crippen molar-refractivity contribution in [2.45, 2.75) is 6.92 Å². The Labute approximate surface area is 91.7 Å². The number of para-hydroxylation sites is 1. The summed E-state index contributed by atoms with van der Waals surface area (Å²) in [6, 6.07) is 8.13. The molecule has 1 heterocycles. The summed E-state index contributed by atoms with van der Waals surface area (Å²) in [7, 11) is 0. The van der Waals surface area contributed by atoms with Gasteiger partial charge in [0.25, 0.3) is 0 Å². The van der Waals surface area contributed by atoms with Crippen molar-refractivity contribution in [3.8, 4) is 0 Å². The van der Waals surface area contributed by atoms with Gasteiger partial charge in [0.05, 0.1) is 15.7 Å². The van der Waals surface area contributed by atoms with E-state index in [1.165, 1.54) is 11.6 Å². The lowest BCUT2D eigenvalue weighted by molar-refractivity contribution is -0.132. The molecule has 2 rings (SSSR count). The second kappa shape index (κ2) is 5.26. The monoisotopic (exact) mass is 221 g/mol. The summed E-state index contributed by atoms with van der Waals surface area (Å²) in [5, 5.41) is 7.89. The first-order chi connectivity index (χ1) is 7.11. The second-order valence-corrected chi connectivity index (χ2v) is 3.79. The molecule has 0 spiro atoms. The van der Waals surface area contributed by atoms with E-state index >= 15 is 0 Å². The van der Waals surface area contributed by atoms with Crippen molar-refractivity contribution in [2.24, 2.45) is 0 Å². The molecule has 0 bridgehead atoms. The van der Waals surface area contributed by atoms with Crippen molar-refractivity contribution in [1.82, 2.24) is 4.98 Å². The number of nitrogens with zero attached hydrogens (tertiary/aromatic N) is 1. The lowest BCUT2D eigenvalue weighted by Crippen LogP contribution is -1.92. The van der Waals surface area contributed by atoms with Gasteiger partial charge in [-0.05, 0) is 19.1 Å². The van der Waals surface area contributed by atoms with E-state index in [1.807, 2.05) is 23.7 Å². The molecule has 4 heteroatoms. The number of carboxylic acid groups (broad SMARTS) is 1. The maximum atomic E-state index is 9.60. The molecule has 1 aromatic carbocycles. The Balaban J connectivity index is 0.000000167. The molecule has 0 fully saturated rings. The lowest BCUT2D eigenvalue weighted by Gasteiger charge is -1.80. The van der Waals surface area contributed by atoms with Crippen LogP contribution in [0.5, 0.6) is 0 Å². The van der Waals surface area contributed by atoms with E-state index in [9.17, 15) is 4.79 Å². The predicted molar refractivity (Wildman–Crippen MR) is 62.1 cm³/mol. The number of hydrogen-bond donors (Lipinski definition) is 1. The molecule has 0 saturated carbocycles. The van der Waals surface area contributed by atoms with Gasteiger partial charge in [-0.1, -0.05) is 18.7 Å². The van der Waals surface area contributed by atoms with Crippen LogP contribution in [0.3, 0.4) is 0 Å². The van der Waals surface area contributed by atoms with Crippen LogP contribution in [-0.4, -0.2) is 16.1 Å². The van der Waals surface area contributed by atoms with Crippen LogP contribution in [0.4, 0.5) is 0 Å². The molecule has 2 aromatic rings. The third-order valence-electron chi connectivity index (χ3n) is 1.60. The zero-order chi connectivity index (χ0) is 11.3. The predicted octanol–water partition coefficient (Wildman–Crippen LogP) is 2.94. The van der Waals surface area contributed by atoms with Gasteiger partial charge in [0, 0.05) is 5.57 Å². The van der Waals surface area contributed by atoms with Gasteiger partial charge in [-0.3, -0.25) is 0 Å². The fourth-order valence-electron chi connectivity index (χ4n) is 0.803. The zero-order valence-corrected chi connectivity index (χ0v) is 9.12. The highest BCUT2D eigenvalue weighted by Gasteiger charge is 1.90. The normalized spacial score (nSPS) is 9.13. The van der Waals surface area contributed by atoms with Gasteiger partial charge in [0.15, 0.2) is 0 Å². The molecule has 0 aliphatic carbocycles. The van der Waals surface area contributed by atoms with Crippen molar-refractivity contribution in [3.05, 3.63) is 41.9 Å². The van der Waals surface area contributed by atoms with E-state index in [-0.39, 0.29) is 5.57 Å².